The molecule has 0 bridgehead atoms. The van der Waals surface area contributed by atoms with Crippen LogP contribution in [0, 0.1) is 12.3 Å². The van der Waals surface area contributed by atoms with Crippen molar-refractivity contribution in [3.05, 3.63) is 0 Å². The predicted octanol–water partition coefficient (Wildman–Crippen LogP) is 1.72. The van der Waals surface area contributed by atoms with Gasteiger partial charge < -0.3 is 5.32 Å². The molecule has 2 nitrogen and oxygen atoms in total. The Kier molecular flexibility index (Phi) is 10.2. The molecule has 0 radical (unpaired) electrons. The van der Waals surface area contributed by atoms with E-state index in [0.29, 0.717) is 0 Å². The normalized spacial score (nSPS) is 10.4. The Morgan fingerprint density at radius 2 is 2.00 bits per heavy atom. The average Bonchev–Trinajstić information content (AvgIpc) is 2.18. The lowest BCUT2D eigenvalue weighted by atomic mass is 10.2. The summed E-state index contributed by atoms with van der Waals surface area (Å²) in [7, 11) is 0. The number of nitrogens with zero attached hydrogens (tertiary/aromatic N) is 1. The minimum Gasteiger partial charge on any atom is -0.317 e. The first kappa shape index (κ1) is 13.5. The highest BCUT2D eigenvalue weighted by Crippen LogP contribution is 1.95. The molecule has 0 aliphatic rings. The van der Waals surface area contributed by atoms with Gasteiger partial charge in [0.2, 0.25) is 0 Å². The fraction of sp³-hybridized carbons (Fsp3) is 0.833. The number of nitrogens with one attached hydrogen (secondary N) is 1. The number of unbranched alkanes of at least 4 members (excludes halogenated alkanes) is 1. The Hall–Kier alpha value is -0.520. The molecule has 0 aromatic carbocycles. The van der Waals surface area contributed by atoms with Crippen molar-refractivity contribution in [2.75, 3.05) is 32.7 Å². The number of rotatable bonds is 9. The summed E-state index contributed by atoms with van der Waals surface area (Å²) in [6.45, 7) is 9.61. The van der Waals surface area contributed by atoms with Crippen LogP contribution in [0.1, 0.15) is 33.1 Å². The van der Waals surface area contributed by atoms with E-state index < -0.39 is 0 Å². The third kappa shape index (κ3) is 8.10. The Balaban J connectivity index is 3.36. The van der Waals surface area contributed by atoms with Crippen molar-refractivity contribution in [1.82, 2.24) is 10.2 Å². The van der Waals surface area contributed by atoms with Crippen LogP contribution in [-0.2, 0) is 0 Å². The molecule has 0 heterocycles. The lowest BCUT2D eigenvalue weighted by Crippen LogP contribution is -2.26. The Bertz CT molecular complexity index is 149. The van der Waals surface area contributed by atoms with Gasteiger partial charge in [0.25, 0.3) is 0 Å². The highest BCUT2D eigenvalue weighted by atomic mass is 15.1. The van der Waals surface area contributed by atoms with Crippen LogP contribution in [-0.4, -0.2) is 37.6 Å². The third-order valence-electron chi connectivity index (χ3n) is 2.18. The van der Waals surface area contributed by atoms with Crippen molar-refractivity contribution in [2.45, 2.75) is 33.1 Å². The highest BCUT2D eigenvalue weighted by Gasteiger charge is 2.00. The first-order valence-corrected chi connectivity index (χ1v) is 5.71. The monoisotopic (exact) mass is 196 g/mol. The zero-order valence-electron chi connectivity index (χ0n) is 9.68. The van der Waals surface area contributed by atoms with Gasteiger partial charge in [0.15, 0.2) is 0 Å². The fourth-order valence-electron chi connectivity index (χ4n) is 1.48. The predicted molar refractivity (Wildman–Crippen MR) is 63.3 cm³/mol. The lowest BCUT2D eigenvalue weighted by Gasteiger charge is -2.18. The summed E-state index contributed by atoms with van der Waals surface area (Å²) in [5, 5.41) is 3.33. The Morgan fingerprint density at radius 3 is 2.57 bits per heavy atom. The molecule has 0 aromatic rings. The van der Waals surface area contributed by atoms with Crippen LogP contribution >= 0.6 is 0 Å². The largest absolute Gasteiger partial charge is 0.317 e. The van der Waals surface area contributed by atoms with Crippen LogP contribution in [0.5, 0.6) is 0 Å². The zero-order valence-corrected chi connectivity index (χ0v) is 9.68. The van der Waals surface area contributed by atoms with Crippen LogP contribution in [0.25, 0.3) is 0 Å². The molecule has 0 saturated carbocycles. The second kappa shape index (κ2) is 10.6. The molecule has 1 N–H and O–H groups in total. The molecule has 0 unspecified atom stereocenters. The Labute approximate surface area is 89.1 Å². The van der Waals surface area contributed by atoms with Crippen molar-refractivity contribution < 1.29 is 0 Å². The molecule has 0 rings (SSSR count). The SMILES string of the molecule is C#CCN(CCC)CCCCNCC. The van der Waals surface area contributed by atoms with Crippen molar-refractivity contribution >= 4 is 0 Å². The van der Waals surface area contributed by atoms with Gasteiger partial charge in [0.05, 0.1) is 6.54 Å². The van der Waals surface area contributed by atoms with Gasteiger partial charge in [0, 0.05) is 0 Å². The molecule has 0 atom stereocenters. The van der Waals surface area contributed by atoms with Crippen LogP contribution in [0.2, 0.25) is 0 Å². The van der Waals surface area contributed by atoms with E-state index in [2.05, 4.69) is 30.0 Å². The molecular weight excluding hydrogens is 172 g/mol. The fourth-order valence-corrected chi connectivity index (χ4v) is 1.48. The molecular formula is C12H24N2. The highest BCUT2D eigenvalue weighted by molar-refractivity contribution is 4.87. The summed E-state index contributed by atoms with van der Waals surface area (Å²) in [6.07, 6.45) is 8.99. The molecule has 0 spiro atoms. The van der Waals surface area contributed by atoms with E-state index in [1.165, 1.54) is 19.3 Å². The molecule has 0 saturated heterocycles. The van der Waals surface area contributed by atoms with Gasteiger partial charge in [0.1, 0.15) is 0 Å². The third-order valence-corrected chi connectivity index (χ3v) is 2.18. The van der Waals surface area contributed by atoms with Crippen molar-refractivity contribution in [1.29, 1.82) is 0 Å². The molecule has 0 aromatic heterocycles. The van der Waals surface area contributed by atoms with Gasteiger partial charge in [-0.3, -0.25) is 4.90 Å². The van der Waals surface area contributed by atoms with Crippen molar-refractivity contribution in [3.8, 4) is 12.3 Å². The molecule has 82 valence electrons. The second-order valence-electron chi connectivity index (χ2n) is 3.54. The smallest absolute Gasteiger partial charge is 0.0598 e. The maximum Gasteiger partial charge on any atom is 0.0598 e. The number of hydrogen-bond acceptors (Lipinski definition) is 2. The quantitative estimate of drug-likeness (QED) is 0.446. The van der Waals surface area contributed by atoms with Crippen LogP contribution in [0.4, 0.5) is 0 Å². The van der Waals surface area contributed by atoms with Gasteiger partial charge in [-0.2, -0.15) is 0 Å². The van der Waals surface area contributed by atoms with Gasteiger partial charge in [-0.25, -0.2) is 0 Å². The molecule has 2 heteroatoms. The van der Waals surface area contributed by atoms with E-state index in [1.807, 2.05) is 0 Å². The van der Waals surface area contributed by atoms with Crippen molar-refractivity contribution in [3.63, 3.8) is 0 Å². The summed E-state index contributed by atoms with van der Waals surface area (Å²) in [4.78, 5) is 2.35. The standard InChI is InChI=1S/C12H24N2/c1-4-10-14(11-5-2)12-8-7-9-13-6-3/h1,13H,5-12H2,2-3H3. The Morgan fingerprint density at radius 1 is 1.21 bits per heavy atom. The van der Waals surface area contributed by atoms with Crippen LogP contribution < -0.4 is 5.32 Å². The molecule has 0 aliphatic carbocycles. The molecule has 14 heavy (non-hydrogen) atoms. The minimum atomic E-state index is 0.801. The van der Waals surface area contributed by atoms with Gasteiger partial charge in [-0.1, -0.05) is 19.8 Å². The van der Waals surface area contributed by atoms with E-state index in [9.17, 15) is 0 Å². The zero-order chi connectivity index (χ0) is 10.6. The molecule has 0 amide bonds. The summed E-state index contributed by atoms with van der Waals surface area (Å²) >= 11 is 0. The summed E-state index contributed by atoms with van der Waals surface area (Å²) < 4.78 is 0. The van der Waals surface area contributed by atoms with Gasteiger partial charge >= 0.3 is 0 Å². The van der Waals surface area contributed by atoms with Crippen molar-refractivity contribution in [2.24, 2.45) is 0 Å². The average molecular weight is 196 g/mol. The second-order valence-corrected chi connectivity index (χ2v) is 3.54. The van der Waals surface area contributed by atoms with Crippen LogP contribution in [0.3, 0.4) is 0 Å². The van der Waals surface area contributed by atoms with Gasteiger partial charge in [-0.05, 0) is 45.4 Å². The summed E-state index contributed by atoms with van der Waals surface area (Å²) in [6, 6.07) is 0. The topological polar surface area (TPSA) is 15.3 Å². The van der Waals surface area contributed by atoms with E-state index in [4.69, 9.17) is 6.42 Å². The van der Waals surface area contributed by atoms with Gasteiger partial charge in [-0.15, -0.1) is 6.42 Å². The van der Waals surface area contributed by atoms with E-state index in [1.54, 1.807) is 0 Å². The van der Waals surface area contributed by atoms with E-state index in [-0.39, 0.29) is 0 Å². The maximum atomic E-state index is 5.31. The van der Waals surface area contributed by atoms with E-state index in [0.717, 1.165) is 32.7 Å². The van der Waals surface area contributed by atoms with E-state index >= 15 is 0 Å². The first-order chi connectivity index (χ1) is 6.85. The van der Waals surface area contributed by atoms with Crippen LogP contribution in [0.15, 0.2) is 0 Å². The summed E-state index contributed by atoms with van der Waals surface area (Å²) in [5.74, 6) is 2.71. The maximum absolute atomic E-state index is 5.31. The first-order valence-electron chi connectivity index (χ1n) is 5.71. The summed E-state index contributed by atoms with van der Waals surface area (Å²) in [5.41, 5.74) is 0. The lowest BCUT2D eigenvalue weighted by molar-refractivity contribution is 0.300. The molecule has 0 aliphatic heterocycles. The number of terminal acetylenes is 1. The number of hydrogen-bond donors (Lipinski definition) is 1. The molecule has 0 fully saturated rings. The minimum absolute atomic E-state index is 0.801.